The van der Waals surface area contributed by atoms with E-state index in [2.05, 4.69) is 68.7 Å². The molecule has 0 saturated carbocycles. The third-order valence-corrected chi connectivity index (χ3v) is 5.71. The van der Waals surface area contributed by atoms with E-state index >= 15 is 0 Å². The van der Waals surface area contributed by atoms with Crippen molar-refractivity contribution in [2.45, 2.75) is 78.7 Å². The van der Waals surface area contributed by atoms with Gasteiger partial charge < -0.3 is 10.0 Å². The Morgan fingerprint density at radius 2 is 1.41 bits per heavy atom. The number of aliphatic hydroxyl groups is 1. The summed E-state index contributed by atoms with van der Waals surface area (Å²) in [6, 6.07) is 9.14. The standard InChI is InChI=1S/C24H42N2O/c1-22(2,3)20-9-11-21(12-10-20)26-17-15-25(16-18-26)14-8-13-23(4,5)19-24(6,7)27/h9-12,27H,8,13-19H2,1-7H3. The van der Waals surface area contributed by atoms with Gasteiger partial charge in [-0.3, -0.25) is 4.90 Å². The summed E-state index contributed by atoms with van der Waals surface area (Å²) in [4.78, 5) is 5.11. The average molecular weight is 375 g/mol. The lowest BCUT2D eigenvalue weighted by Gasteiger charge is -2.37. The molecule has 0 atom stereocenters. The lowest BCUT2D eigenvalue weighted by molar-refractivity contribution is 0.0279. The van der Waals surface area contributed by atoms with E-state index in [4.69, 9.17) is 0 Å². The van der Waals surface area contributed by atoms with Gasteiger partial charge in [-0.25, -0.2) is 0 Å². The fraction of sp³-hybridized carbons (Fsp3) is 0.750. The van der Waals surface area contributed by atoms with Crippen molar-refractivity contribution in [1.29, 1.82) is 0 Å². The van der Waals surface area contributed by atoms with Crippen molar-refractivity contribution in [1.82, 2.24) is 4.90 Å². The van der Waals surface area contributed by atoms with Crippen molar-refractivity contribution in [3.63, 3.8) is 0 Å². The molecule has 154 valence electrons. The van der Waals surface area contributed by atoms with Crippen molar-refractivity contribution in [2.24, 2.45) is 5.41 Å². The van der Waals surface area contributed by atoms with Crippen molar-refractivity contribution in [2.75, 3.05) is 37.6 Å². The average Bonchev–Trinajstić information content (AvgIpc) is 2.52. The number of rotatable bonds is 7. The quantitative estimate of drug-likeness (QED) is 0.721. The summed E-state index contributed by atoms with van der Waals surface area (Å²) in [6.07, 6.45) is 3.24. The summed E-state index contributed by atoms with van der Waals surface area (Å²) in [5.74, 6) is 0. The first-order valence-corrected chi connectivity index (χ1v) is 10.7. The van der Waals surface area contributed by atoms with E-state index in [1.807, 2.05) is 13.8 Å². The van der Waals surface area contributed by atoms with Crippen LogP contribution in [0.4, 0.5) is 5.69 Å². The molecule has 1 aliphatic rings. The molecule has 0 radical (unpaired) electrons. The number of hydrogen-bond donors (Lipinski definition) is 1. The van der Waals surface area contributed by atoms with Crippen molar-refractivity contribution < 1.29 is 5.11 Å². The fourth-order valence-corrected chi connectivity index (χ4v) is 4.44. The predicted octanol–water partition coefficient (Wildman–Crippen LogP) is 5.07. The Labute approximate surface area is 167 Å². The van der Waals surface area contributed by atoms with E-state index in [0.29, 0.717) is 0 Å². The van der Waals surface area contributed by atoms with E-state index in [1.54, 1.807) is 0 Å². The van der Waals surface area contributed by atoms with Crippen LogP contribution in [0.3, 0.4) is 0 Å². The summed E-state index contributed by atoms with van der Waals surface area (Å²) >= 11 is 0. The third kappa shape index (κ3) is 7.46. The molecule has 0 amide bonds. The summed E-state index contributed by atoms with van der Waals surface area (Å²) in [6.45, 7) is 20.9. The van der Waals surface area contributed by atoms with Gasteiger partial charge >= 0.3 is 0 Å². The molecular formula is C24H42N2O. The second-order valence-corrected chi connectivity index (χ2v) is 10.9. The lowest BCUT2D eigenvalue weighted by Crippen LogP contribution is -2.46. The second-order valence-electron chi connectivity index (χ2n) is 10.9. The summed E-state index contributed by atoms with van der Waals surface area (Å²) in [5, 5.41) is 10.1. The highest BCUT2D eigenvalue weighted by Crippen LogP contribution is 2.32. The van der Waals surface area contributed by atoms with Crippen molar-refractivity contribution in [3.05, 3.63) is 29.8 Å². The van der Waals surface area contributed by atoms with Crippen LogP contribution in [0.1, 0.15) is 73.3 Å². The molecule has 1 aliphatic heterocycles. The highest BCUT2D eigenvalue weighted by molar-refractivity contribution is 5.49. The molecule has 1 aromatic carbocycles. The summed E-state index contributed by atoms with van der Waals surface area (Å²) < 4.78 is 0. The maximum Gasteiger partial charge on any atom is 0.0596 e. The van der Waals surface area contributed by atoms with Crippen LogP contribution in [0.15, 0.2) is 24.3 Å². The second kappa shape index (κ2) is 8.53. The zero-order chi connectivity index (χ0) is 20.3. The van der Waals surface area contributed by atoms with Crippen LogP contribution in [0.5, 0.6) is 0 Å². The Hall–Kier alpha value is -1.06. The van der Waals surface area contributed by atoms with Crippen LogP contribution in [-0.4, -0.2) is 48.3 Å². The lowest BCUT2D eigenvalue weighted by atomic mass is 9.78. The van der Waals surface area contributed by atoms with Crippen molar-refractivity contribution >= 4 is 5.69 Å². The highest BCUT2D eigenvalue weighted by Gasteiger charge is 2.27. The molecule has 1 heterocycles. The summed E-state index contributed by atoms with van der Waals surface area (Å²) in [5.41, 5.74) is 2.61. The van der Waals surface area contributed by atoms with E-state index in [0.717, 1.165) is 32.6 Å². The summed E-state index contributed by atoms with van der Waals surface area (Å²) in [7, 11) is 0. The Balaban J connectivity index is 1.75. The molecule has 27 heavy (non-hydrogen) atoms. The van der Waals surface area contributed by atoms with E-state index in [-0.39, 0.29) is 10.8 Å². The van der Waals surface area contributed by atoms with Crippen LogP contribution < -0.4 is 4.90 Å². The molecular weight excluding hydrogens is 332 g/mol. The Kier molecular flexibility index (Phi) is 7.02. The minimum absolute atomic E-state index is 0.203. The molecule has 1 aromatic rings. The van der Waals surface area contributed by atoms with Crippen LogP contribution >= 0.6 is 0 Å². The Bertz CT molecular complexity index is 570. The van der Waals surface area contributed by atoms with E-state index in [9.17, 15) is 5.11 Å². The first-order chi connectivity index (χ1) is 12.4. The number of hydrogen-bond acceptors (Lipinski definition) is 3. The third-order valence-electron chi connectivity index (χ3n) is 5.71. The molecule has 3 heteroatoms. The molecule has 2 rings (SSSR count). The van der Waals surface area contributed by atoms with Gasteiger partial charge in [-0.05, 0) is 68.2 Å². The first kappa shape index (κ1) is 22.2. The molecule has 0 aliphatic carbocycles. The fourth-order valence-electron chi connectivity index (χ4n) is 4.44. The maximum absolute atomic E-state index is 10.1. The van der Waals surface area contributed by atoms with Gasteiger partial charge in [-0.2, -0.15) is 0 Å². The van der Waals surface area contributed by atoms with Gasteiger partial charge in [0.25, 0.3) is 0 Å². The van der Waals surface area contributed by atoms with Crippen LogP contribution in [-0.2, 0) is 5.41 Å². The minimum Gasteiger partial charge on any atom is -0.390 e. The molecule has 0 aromatic heterocycles. The predicted molar refractivity (Wildman–Crippen MR) is 118 cm³/mol. The van der Waals surface area contributed by atoms with E-state index in [1.165, 1.54) is 30.6 Å². The zero-order valence-electron chi connectivity index (χ0n) is 18.8. The molecule has 0 bridgehead atoms. The van der Waals surface area contributed by atoms with Gasteiger partial charge in [0.15, 0.2) is 0 Å². The van der Waals surface area contributed by atoms with Gasteiger partial charge in [0.2, 0.25) is 0 Å². The number of piperazine rings is 1. The van der Waals surface area contributed by atoms with Gasteiger partial charge in [0.1, 0.15) is 0 Å². The van der Waals surface area contributed by atoms with Gasteiger partial charge in [-0.1, -0.05) is 46.8 Å². The van der Waals surface area contributed by atoms with Gasteiger partial charge in [-0.15, -0.1) is 0 Å². The monoisotopic (exact) mass is 374 g/mol. The highest BCUT2D eigenvalue weighted by atomic mass is 16.3. The smallest absolute Gasteiger partial charge is 0.0596 e. The maximum atomic E-state index is 10.1. The topological polar surface area (TPSA) is 26.7 Å². The van der Waals surface area contributed by atoms with Crippen LogP contribution in [0.25, 0.3) is 0 Å². The number of anilines is 1. The zero-order valence-corrected chi connectivity index (χ0v) is 18.8. The Morgan fingerprint density at radius 1 is 0.852 bits per heavy atom. The van der Waals surface area contributed by atoms with Crippen LogP contribution in [0.2, 0.25) is 0 Å². The molecule has 0 spiro atoms. The SMILES string of the molecule is CC(C)(O)CC(C)(C)CCCN1CCN(c2ccc(C(C)(C)C)cc2)CC1. The van der Waals surface area contributed by atoms with E-state index < -0.39 is 5.60 Å². The normalized spacial score (nSPS) is 17.4. The minimum atomic E-state index is -0.572. The molecule has 1 fully saturated rings. The van der Waals surface area contributed by atoms with Gasteiger partial charge in [0, 0.05) is 31.9 Å². The number of nitrogens with zero attached hydrogens (tertiary/aromatic N) is 2. The van der Waals surface area contributed by atoms with Crippen LogP contribution in [0, 0.1) is 5.41 Å². The number of benzene rings is 1. The largest absolute Gasteiger partial charge is 0.390 e. The molecule has 1 saturated heterocycles. The Morgan fingerprint density at radius 3 is 1.89 bits per heavy atom. The molecule has 3 nitrogen and oxygen atoms in total. The van der Waals surface area contributed by atoms with Crippen molar-refractivity contribution in [3.8, 4) is 0 Å². The molecule has 0 unspecified atom stereocenters. The first-order valence-electron chi connectivity index (χ1n) is 10.7. The molecule has 1 N–H and O–H groups in total. The van der Waals surface area contributed by atoms with Gasteiger partial charge in [0.05, 0.1) is 5.60 Å².